The van der Waals surface area contributed by atoms with Crippen LogP contribution in [-0.2, 0) is 6.54 Å². The highest BCUT2D eigenvalue weighted by atomic mass is 35.5. The number of furan rings is 1. The van der Waals surface area contributed by atoms with Crippen molar-refractivity contribution in [3.63, 3.8) is 0 Å². The van der Waals surface area contributed by atoms with E-state index in [0.717, 1.165) is 37.7 Å². The minimum atomic E-state index is 0.0670. The lowest BCUT2D eigenvalue weighted by molar-refractivity contribution is 0.0627. The Labute approximate surface area is 135 Å². The first kappa shape index (κ1) is 15.1. The summed E-state index contributed by atoms with van der Waals surface area (Å²) in [7, 11) is 0. The van der Waals surface area contributed by atoms with Crippen LogP contribution in [0.4, 0.5) is 0 Å². The van der Waals surface area contributed by atoms with Gasteiger partial charge in [-0.1, -0.05) is 23.7 Å². The summed E-state index contributed by atoms with van der Waals surface area (Å²) in [6.07, 6.45) is 1.57. The van der Waals surface area contributed by atoms with Gasteiger partial charge in [-0.15, -0.1) is 0 Å². The fourth-order valence-electron chi connectivity index (χ4n) is 2.73. The molecule has 4 nitrogen and oxygen atoms in total. The molecule has 0 saturated carbocycles. The van der Waals surface area contributed by atoms with E-state index in [1.165, 1.54) is 5.56 Å². The molecule has 2 heterocycles. The van der Waals surface area contributed by atoms with Gasteiger partial charge < -0.3 is 9.32 Å². The summed E-state index contributed by atoms with van der Waals surface area (Å²) in [6, 6.07) is 9.68. The molecule has 0 atom stereocenters. The molecule has 2 aromatic rings. The average molecular weight is 319 g/mol. The molecule has 1 amide bonds. The third-order valence-corrected chi connectivity index (χ3v) is 4.32. The van der Waals surface area contributed by atoms with Gasteiger partial charge in [-0.3, -0.25) is 9.69 Å². The molecule has 0 radical (unpaired) electrons. The summed E-state index contributed by atoms with van der Waals surface area (Å²) in [4.78, 5) is 16.7. The fourth-order valence-corrected chi connectivity index (χ4v) is 2.86. The zero-order valence-corrected chi connectivity index (χ0v) is 13.3. The molecule has 1 aliphatic rings. The number of carbonyl (C=O) groups excluding carboxylic acids is 1. The molecule has 0 unspecified atom stereocenters. The molecule has 1 aliphatic heterocycles. The minimum Gasteiger partial charge on any atom is -0.469 e. The van der Waals surface area contributed by atoms with E-state index in [0.29, 0.717) is 11.3 Å². The Morgan fingerprint density at radius 2 is 1.82 bits per heavy atom. The second-order valence-electron chi connectivity index (χ2n) is 5.59. The number of rotatable bonds is 3. The number of halogens is 1. The zero-order valence-electron chi connectivity index (χ0n) is 12.6. The maximum Gasteiger partial charge on any atom is 0.257 e. The van der Waals surface area contributed by atoms with E-state index in [2.05, 4.69) is 17.0 Å². The first-order valence-electron chi connectivity index (χ1n) is 7.43. The Balaban J connectivity index is 1.55. The predicted octanol–water partition coefficient (Wildman–Crippen LogP) is 3.20. The Morgan fingerprint density at radius 3 is 2.41 bits per heavy atom. The maximum atomic E-state index is 12.4. The summed E-state index contributed by atoms with van der Waals surface area (Å²) >= 11 is 5.90. The molecular formula is C17H19ClN2O2. The van der Waals surface area contributed by atoms with Gasteiger partial charge in [0, 0.05) is 37.7 Å². The van der Waals surface area contributed by atoms with Crippen molar-refractivity contribution >= 4 is 17.5 Å². The molecule has 1 aromatic heterocycles. The number of carbonyl (C=O) groups is 1. The number of hydrogen-bond acceptors (Lipinski definition) is 3. The topological polar surface area (TPSA) is 36.7 Å². The van der Waals surface area contributed by atoms with Crippen LogP contribution >= 0.6 is 11.6 Å². The van der Waals surface area contributed by atoms with E-state index in [9.17, 15) is 4.79 Å². The van der Waals surface area contributed by atoms with Gasteiger partial charge in [0.2, 0.25) is 0 Å². The van der Waals surface area contributed by atoms with Crippen LogP contribution in [0.1, 0.15) is 21.7 Å². The highest BCUT2D eigenvalue weighted by Crippen LogP contribution is 2.16. The van der Waals surface area contributed by atoms with Gasteiger partial charge in [-0.2, -0.15) is 0 Å². The second kappa shape index (κ2) is 6.55. The molecular weight excluding hydrogens is 300 g/mol. The van der Waals surface area contributed by atoms with E-state index in [1.54, 1.807) is 12.3 Å². The zero-order chi connectivity index (χ0) is 15.5. The van der Waals surface area contributed by atoms with Crippen molar-refractivity contribution in [3.8, 4) is 0 Å². The number of aryl methyl sites for hydroxylation is 1. The molecule has 1 saturated heterocycles. The minimum absolute atomic E-state index is 0.0670. The number of hydrogen-bond donors (Lipinski definition) is 0. The molecule has 22 heavy (non-hydrogen) atoms. The maximum absolute atomic E-state index is 12.4. The van der Waals surface area contributed by atoms with Crippen LogP contribution < -0.4 is 0 Å². The van der Waals surface area contributed by atoms with Gasteiger partial charge in [-0.25, -0.2) is 0 Å². The van der Waals surface area contributed by atoms with Crippen molar-refractivity contribution in [2.24, 2.45) is 0 Å². The predicted molar refractivity (Wildman–Crippen MR) is 86.1 cm³/mol. The quantitative estimate of drug-likeness (QED) is 0.872. The highest BCUT2D eigenvalue weighted by molar-refractivity contribution is 6.30. The normalized spacial score (nSPS) is 16.0. The fraction of sp³-hybridized carbons (Fsp3) is 0.353. The van der Waals surface area contributed by atoms with Gasteiger partial charge in [0.1, 0.15) is 5.76 Å². The smallest absolute Gasteiger partial charge is 0.257 e. The Bertz CT molecular complexity index is 643. The lowest BCUT2D eigenvalue weighted by Crippen LogP contribution is -2.48. The van der Waals surface area contributed by atoms with Gasteiger partial charge in [0.25, 0.3) is 5.91 Å². The van der Waals surface area contributed by atoms with Gasteiger partial charge in [-0.05, 0) is 30.7 Å². The van der Waals surface area contributed by atoms with E-state index in [4.69, 9.17) is 16.0 Å². The van der Waals surface area contributed by atoms with E-state index in [1.807, 2.05) is 24.0 Å². The van der Waals surface area contributed by atoms with Gasteiger partial charge >= 0.3 is 0 Å². The van der Waals surface area contributed by atoms with E-state index >= 15 is 0 Å². The average Bonchev–Trinajstić information content (AvgIpc) is 2.96. The third-order valence-electron chi connectivity index (χ3n) is 4.07. The SMILES string of the molecule is Cc1occc1C(=O)N1CCN(Cc2ccc(Cl)cc2)CC1. The second-order valence-corrected chi connectivity index (χ2v) is 6.02. The number of piperazine rings is 1. The largest absolute Gasteiger partial charge is 0.469 e. The van der Waals surface area contributed by atoms with Crippen molar-refractivity contribution in [1.82, 2.24) is 9.80 Å². The molecule has 5 heteroatoms. The van der Waals surface area contributed by atoms with E-state index in [-0.39, 0.29) is 5.91 Å². The van der Waals surface area contributed by atoms with Crippen LogP contribution in [0.2, 0.25) is 5.02 Å². The molecule has 0 aliphatic carbocycles. The van der Waals surface area contributed by atoms with Gasteiger partial charge in [0.05, 0.1) is 11.8 Å². The Hall–Kier alpha value is -1.78. The van der Waals surface area contributed by atoms with Crippen LogP contribution in [0.15, 0.2) is 41.0 Å². The third kappa shape index (κ3) is 3.34. The summed E-state index contributed by atoms with van der Waals surface area (Å²) in [5.74, 6) is 0.756. The summed E-state index contributed by atoms with van der Waals surface area (Å²) < 4.78 is 5.22. The molecule has 0 bridgehead atoms. The summed E-state index contributed by atoms with van der Waals surface area (Å²) in [5, 5.41) is 0.759. The monoisotopic (exact) mass is 318 g/mol. The molecule has 3 rings (SSSR count). The van der Waals surface area contributed by atoms with Crippen LogP contribution in [0.3, 0.4) is 0 Å². The number of benzene rings is 1. The van der Waals surface area contributed by atoms with Crippen molar-refractivity contribution in [1.29, 1.82) is 0 Å². The lowest BCUT2D eigenvalue weighted by atomic mass is 10.1. The van der Waals surface area contributed by atoms with E-state index < -0.39 is 0 Å². The Morgan fingerprint density at radius 1 is 1.14 bits per heavy atom. The molecule has 0 spiro atoms. The van der Waals surface area contributed by atoms with Crippen molar-refractivity contribution < 1.29 is 9.21 Å². The Kier molecular flexibility index (Phi) is 4.50. The summed E-state index contributed by atoms with van der Waals surface area (Å²) in [5.41, 5.74) is 1.92. The lowest BCUT2D eigenvalue weighted by Gasteiger charge is -2.34. The van der Waals surface area contributed by atoms with Gasteiger partial charge in [0.15, 0.2) is 0 Å². The number of amides is 1. The van der Waals surface area contributed by atoms with Crippen molar-refractivity contribution in [3.05, 3.63) is 58.5 Å². The van der Waals surface area contributed by atoms with Crippen molar-refractivity contribution in [2.45, 2.75) is 13.5 Å². The first-order chi connectivity index (χ1) is 10.6. The van der Waals surface area contributed by atoms with Crippen LogP contribution in [-0.4, -0.2) is 41.9 Å². The number of nitrogens with zero attached hydrogens (tertiary/aromatic N) is 2. The van der Waals surface area contributed by atoms with Crippen LogP contribution in [0.25, 0.3) is 0 Å². The highest BCUT2D eigenvalue weighted by Gasteiger charge is 2.24. The molecule has 1 aromatic carbocycles. The summed E-state index contributed by atoms with van der Waals surface area (Å²) in [6.45, 7) is 5.97. The standard InChI is InChI=1S/C17H19ClN2O2/c1-13-16(6-11-22-13)17(21)20-9-7-19(8-10-20)12-14-2-4-15(18)5-3-14/h2-6,11H,7-10,12H2,1H3. The molecule has 1 fully saturated rings. The van der Waals surface area contributed by atoms with Crippen molar-refractivity contribution in [2.75, 3.05) is 26.2 Å². The molecule has 0 N–H and O–H groups in total. The van der Waals surface area contributed by atoms with Crippen LogP contribution in [0, 0.1) is 6.92 Å². The van der Waals surface area contributed by atoms with Crippen LogP contribution in [0.5, 0.6) is 0 Å². The first-order valence-corrected chi connectivity index (χ1v) is 7.81. The molecule has 116 valence electrons.